The Morgan fingerprint density at radius 1 is 1.10 bits per heavy atom. The number of carbonyl (C=O) groups excluding carboxylic acids is 2. The standard InChI is InChI=1S/C23H28Cl2N2O4/c1-5-20(23(29)26-15(2)3)27(13-16-6-9-18(30-4)10-7-16)22(28)14-31-21-11-8-17(24)12-19(21)25/h6-12,15,20H,5,13-14H2,1-4H3,(H,26,29)/t20-/m1/s1. The summed E-state index contributed by atoms with van der Waals surface area (Å²) in [6, 6.07) is 11.5. The van der Waals surface area contributed by atoms with E-state index in [4.69, 9.17) is 32.7 Å². The van der Waals surface area contributed by atoms with Crippen molar-refractivity contribution in [2.45, 2.75) is 45.8 Å². The SMILES string of the molecule is CC[C@H](C(=O)NC(C)C)N(Cc1ccc(OC)cc1)C(=O)COc1ccc(Cl)cc1Cl. The summed E-state index contributed by atoms with van der Waals surface area (Å²) >= 11 is 12.0. The van der Waals surface area contributed by atoms with Crippen molar-refractivity contribution in [3.05, 3.63) is 58.1 Å². The Bertz CT molecular complexity index is 888. The maximum atomic E-state index is 13.1. The zero-order valence-corrected chi connectivity index (χ0v) is 19.7. The molecule has 2 aromatic carbocycles. The summed E-state index contributed by atoms with van der Waals surface area (Å²) in [5, 5.41) is 3.68. The summed E-state index contributed by atoms with van der Waals surface area (Å²) in [6.45, 7) is 5.63. The molecule has 31 heavy (non-hydrogen) atoms. The number of amides is 2. The lowest BCUT2D eigenvalue weighted by atomic mass is 10.1. The van der Waals surface area contributed by atoms with Crippen LogP contribution in [0.2, 0.25) is 10.0 Å². The van der Waals surface area contributed by atoms with E-state index in [1.807, 2.05) is 45.0 Å². The van der Waals surface area contributed by atoms with Crippen LogP contribution in [-0.2, 0) is 16.1 Å². The summed E-state index contributed by atoms with van der Waals surface area (Å²) in [7, 11) is 1.59. The molecule has 0 aliphatic carbocycles. The molecule has 2 amide bonds. The Morgan fingerprint density at radius 2 is 1.77 bits per heavy atom. The van der Waals surface area contributed by atoms with Gasteiger partial charge in [-0.2, -0.15) is 0 Å². The zero-order valence-electron chi connectivity index (χ0n) is 18.2. The highest BCUT2D eigenvalue weighted by Gasteiger charge is 2.29. The molecule has 8 heteroatoms. The van der Waals surface area contributed by atoms with E-state index in [1.54, 1.807) is 25.3 Å². The molecule has 0 radical (unpaired) electrons. The van der Waals surface area contributed by atoms with E-state index in [1.165, 1.54) is 4.90 Å². The number of nitrogens with zero attached hydrogens (tertiary/aromatic N) is 1. The third kappa shape index (κ3) is 7.33. The maximum absolute atomic E-state index is 13.1. The van der Waals surface area contributed by atoms with Crippen molar-refractivity contribution >= 4 is 35.0 Å². The van der Waals surface area contributed by atoms with Gasteiger partial charge in [-0.15, -0.1) is 0 Å². The highest BCUT2D eigenvalue weighted by atomic mass is 35.5. The fourth-order valence-corrected chi connectivity index (χ4v) is 3.51. The predicted octanol–water partition coefficient (Wildman–Crippen LogP) is 4.71. The molecule has 0 bridgehead atoms. The van der Waals surface area contributed by atoms with Crippen molar-refractivity contribution < 1.29 is 19.1 Å². The number of ether oxygens (including phenoxy) is 2. The van der Waals surface area contributed by atoms with Crippen LogP contribution in [-0.4, -0.2) is 42.5 Å². The number of hydrogen-bond donors (Lipinski definition) is 1. The van der Waals surface area contributed by atoms with Crippen molar-refractivity contribution in [2.75, 3.05) is 13.7 Å². The Hall–Kier alpha value is -2.44. The molecule has 6 nitrogen and oxygen atoms in total. The quantitative estimate of drug-likeness (QED) is 0.550. The highest BCUT2D eigenvalue weighted by molar-refractivity contribution is 6.35. The van der Waals surface area contributed by atoms with Gasteiger partial charge < -0.3 is 19.7 Å². The van der Waals surface area contributed by atoms with Gasteiger partial charge in [-0.3, -0.25) is 9.59 Å². The first-order valence-electron chi connectivity index (χ1n) is 10.1. The van der Waals surface area contributed by atoms with Crippen LogP contribution in [0.1, 0.15) is 32.8 Å². The van der Waals surface area contributed by atoms with E-state index >= 15 is 0 Å². The Balaban J connectivity index is 2.23. The molecule has 168 valence electrons. The van der Waals surface area contributed by atoms with Crippen LogP contribution >= 0.6 is 23.2 Å². The molecular weight excluding hydrogens is 439 g/mol. The average molecular weight is 467 g/mol. The molecule has 0 fully saturated rings. The van der Waals surface area contributed by atoms with Gasteiger partial charge in [-0.25, -0.2) is 0 Å². The van der Waals surface area contributed by atoms with Gasteiger partial charge in [0.15, 0.2) is 6.61 Å². The largest absolute Gasteiger partial charge is 0.497 e. The summed E-state index contributed by atoms with van der Waals surface area (Å²) in [6.07, 6.45) is 0.460. The normalized spacial score (nSPS) is 11.7. The topological polar surface area (TPSA) is 67.9 Å². The van der Waals surface area contributed by atoms with Crippen molar-refractivity contribution in [3.63, 3.8) is 0 Å². The van der Waals surface area contributed by atoms with Crippen molar-refractivity contribution in [2.24, 2.45) is 0 Å². The molecule has 0 aromatic heterocycles. The van der Waals surface area contributed by atoms with Gasteiger partial charge in [-0.05, 0) is 56.2 Å². The molecule has 1 atom stereocenters. The first-order valence-corrected chi connectivity index (χ1v) is 10.8. The monoisotopic (exact) mass is 466 g/mol. The first-order chi connectivity index (χ1) is 14.7. The van der Waals surface area contributed by atoms with Crippen LogP contribution in [0.4, 0.5) is 0 Å². The average Bonchev–Trinajstić information content (AvgIpc) is 2.72. The second-order valence-electron chi connectivity index (χ2n) is 7.32. The molecule has 1 N–H and O–H groups in total. The number of methoxy groups -OCH3 is 1. The minimum absolute atomic E-state index is 0.0383. The number of nitrogens with one attached hydrogen (secondary N) is 1. The molecule has 0 saturated carbocycles. The van der Waals surface area contributed by atoms with E-state index in [9.17, 15) is 9.59 Å². The summed E-state index contributed by atoms with van der Waals surface area (Å²) in [5.74, 6) is 0.534. The summed E-state index contributed by atoms with van der Waals surface area (Å²) < 4.78 is 10.8. The molecule has 0 spiro atoms. The minimum Gasteiger partial charge on any atom is -0.497 e. The molecule has 2 rings (SSSR count). The number of rotatable bonds is 10. The lowest BCUT2D eigenvalue weighted by Crippen LogP contribution is -2.51. The molecule has 0 saturated heterocycles. The van der Waals surface area contributed by atoms with Crippen LogP contribution in [0.25, 0.3) is 0 Å². The number of carbonyl (C=O) groups is 2. The number of benzene rings is 2. The van der Waals surface area contributed by atoms with Crippen LogP contribution in [0, 0.1) is 0 Å². The van der Waals surface area contributed by atoms with E-state index < -0.39 is 6.04 Å². The maximum Gasteiger partial charge on any atom is 0.261 e. The highest BCUT2D eigenvalue weighted by Crippen LogP contribution is 2.27. The van der Waals surface area contributed by atoms with Gasteiger partial charge in [0, 0.05) is 17.6 Å². The van der Waals surface area contributed by atoms with Crippen LogP contribution in [0.5, 0.6) is 11.5 Å². The van der Waals surface area contributed by atoms with Gasteiger partial charge in [0.1, 0.15) is 17.5 Å². The van der Waals surface area contributed by atoms with E-state index in [2.05, 4.69) is 5.32 Å². The van der Waals surface area contributed by atoms with Gasteiger partial charge in [0.05, 0.1) is 12.1 Å². The van der Waals surface area contributed by atoms with E-state index in [0.717, 1.165) is 5.56 Å². The van der Waals surface area contributed by atoms with Crippen molar-refractivity contribution in [1.29, 1.82) is 0 Å². The van der Waals surface area contributed by atoms with Crippen LogP contribution in [0.15, 0.2) is 42.5 Å². The summed E-state index contributed by atoms with van der Waals surface area (Å²) in [5.41, 5.74) is 0.870. The molecule has 0 heterocycles. The summed E-state index contributed by atoms with van der Waals surface area (Å²) in [4.78, 5) is 27.5. The molecular formula is C23H28Cl2N2O4. The van der Waals surface area contributed by atoms with Crippen molar-refractivity contribution in [3.8, 4) is 11.5 Å². The van der Waals surface area contributed by atoms with Gasteiger partial charge in [0.2, 0.25) is 5.91 Å². The van der Waals surface area contributed by atoms with Gasteiger partial charge >= 0.3 is 0 Å². The Labute approximate surface area is 193 Å². The predicted molar refractivity (Wildman–Crippen MR) is 123 cm³/mol. The van der Waals surface area contributed by atoms with Crippen molar-refractivity contribution in [1.82, 2.24) is 10.2 Å². The number of halogens is 2. The van der Waals surface area contributed by atoms with E-state index in [0.29, 0.717) is 28.0 Å². The second-order valence-corrected chi connectivity index (χ2v) is 8.16. The number of hydrogen-bond acceptors (Lipinski definition) is 4. The molecule has 0 aliphatic heterocycles. The Kier molecular flexibility index (Phi) is 9.46. The molecule has 0 unspecified atom stereocenters. The smallest absolute Gasteiger partial charge is 0.261 e. The lowest BCUT2D eigenvalue weighted by molar-refractivity contribution is -0.143. The first kappa shape index (κ1) is 24.8. The van der Waals surface area contributed by atoms with Crippen LogP contribution in [0.3, 0.4) is 0 Å². The van der Waals surface area contributed by atoms with Gasteiger partial charge in [-0.1, -0.05) is 42.3 Å². The third-order valence-electron chi connectivity index (χ3n) is 4.57. The van der Waals surface area contributed by atoms with E-state index in [-0.39, 0.29) is 31.0 Å². The second kappa shape index (κ2) is 11.8. The molecule has 0 aliphatic rings. The third-order valence-corrected chi connectivity index (χ3v) is 5.10. The molecule has 2 aromatic rings. The lowest BCUT2D eigenvalue weighted by Gasteiger charge is -2.31. The Morgan fingerprint density at radius 3 is 2.32 bits per heavy atom. The van der Waals surface area contributed by atoms with Gasteiger partial charge in [0.25, 0.3) is 5.91 Å². The minimum atomic E-state index is -0.638. The fraction of sp³-hybridized carbons (Fsp3) is 0.391. The fourth-order valence-electron chi connectivity index (χ4n) is 3.04. The van der Waals surface area contributed by atoms with Crippen LogP contribution < -0.4 is 14.8 Å². The zero-order chi connectivity index (χ0) is 23.0.